The lowest BCUT2D eigenvalue weighted by atomic mass is 9.94. The summed E-state index contributed by atoms with van der Waals surface area (Å²) in [7, 11) is 1.63. The number of H-pyrrole nitrogens is 1. The summed E-state index contributed by atoms with van der Waals surface area (Å²) in [5.74, 6) is 2.08. The summed E-state index contributed by atoms with van der Waals surface area (Å²) in [4.78, 5) is 16.7. The molecule has 0 radical (unpaired) electrons. The molecule has 1 aliphatic heterocycles. The number of nitrogens with zero attached hydrogens (tertiary/aromatic N) is 2. The van der Waals surface area contributed by atoms with Crippen LogP contribution in [0, 0.1) is 12.8 Å². The molecule has 1 aromatic carbocycles. The molecule has 128 valence electrons. The normalized spacial score (nSPS) is 20.1. The smallest absolute Gasteiger partial charge is 0.226 e. The van der Waals surface area contributed by atoms with Crippen molar-refractivity contribution in [2.45, 2.75) is 19.4 Å². The number of aromatic nitrogens is 3. The van der Waals surface area contributed by atoms with Gasteiger partial charge in [0.2, 0.25) is 5.91 Å². The standard InChI is InChI=1S/C16H22N6O2/c1-10-19-14(21-20-10)6-7-17-16(23)13-9-18-22-15(13)11-4-3-5-12(8-11)24-2/h3-5,8,13,15,18,22H,6-7,9H2,1-2H3,(H,17,23)(H,19,20,21). The van der Waals surface area contributed by atoms with Gasteiger partial charge >= 0.3 is 0 Å². The predicted molar refractivity (Wildman–Crippen MR) is 88.2 cm³/mol. The van der Waals surface area contributed by atoms with Gasteiger partial charge in [-0.05, 0) is 24.6 Å². The fourth-order valence-corrected chi connectivity index (χ4v) is 2.82. The monoisotopic (exact) mass is 330 g/mol. The van der Waals surface area contributed by atoms with Crippen molar-refractivity contribution in [1.29, 1.82) is 0 Å². The number of nitrogens with one attached hydrogen (secondary N) is 4. The van der Waals surface area contributed by atoms with Crippen molar-refractivity contribution in [3.8, 4) is 5.75 Å². The Balaban J connectivity index is 1.58. The van der Waals surface area contributed by atoms with Crippen LogP contribution in [0.25, 0.3) is 0 Å². The molecule has 24 heavy (non-hydrogen) atoms. The minimum atomic E-state index is -0.189. The molecular weight excluding hydrogens is 308 g/mol. The first-order valence-corrected chi connectivity index (χ1v) is 7.95. The summed E-state index contributed by atoms with van der Waals surface area (Å²) in [6.45, 7) is 2.94. The van der Waals surface area contributed by atoms with Crippen molar-refractivity contribution in [1.82, 2.24) is 31.3 Å². The SMILES string of the molecule is COc1cccc(C2NNCC2C(=O)NCCc2n[nH]c(C)n2)c1. The van der Waals surface area contributed by atoms with E-state index in [4.69, 9.17) is 4.74 Å². The second-order valence-electron chi connectivity index (χ2n) is 5.76. The van der Waals surface area contributed by atoms with E-state index in [1.807, 2.05) is 31.2 Å². The first-order chi connectivity index (χ1) is 11.7. The molecule has 1 aliphatic rings. The fourth-order valence-electron chi connectivity index (χ4n) is 2.82. The number of ether oxygens (including phenoxy) is 1. The van der Waals surface area contributed by atoms with Crippen LogP contribution in [0.5, 0.6) is 5.75 Å². The van der Waals surface area contributed by atoms with E-state index in [9.17, 15) is 4.79 Å². The molecule has 2 unspecified atom stereocenters. The first kappa shape index (κ1) is 16.4. The third kappa shape index (κ3) is 3.72. The number of carbonyl (C=O) groups is 1. The number of carbonyl (C=O) groups excluding carboxylic acids is 1. The summed E-state index contributed by atoms with van der Waals surface area (Å²) in [6, 6.07) is 7.66. The van der Waals surface area contributed by atoms with E-state index in [1.54, 1.807) is 7.11 Å². The number of benzene rings is 1. The Labute approximate surface area is 140 Å². The Hall–Kier alpha value is -2.45. The van der Waals surface area contributed by atoms with Crippen molar-refractivity contribution in [3.63, 3.8) is 0 Å². The zero-order chi connectivity index (χ0) is 16.9. The molecule has 1 saturated heterocycles. The van der Waals surface area contributed by atoms with E-state index in [0.29, 0.717) is 25.3 Å². The minimum Gasteiger partial charge on any atom is -0.497 e. The van der Waals surface area contributed by atoms with E-state index < -0.39 is 0 Å². The second kappa shape index (κ2) is 7.41. The van der Waals surface area contributed by atoms with Crippen LogP contribution in [0.3, 0.4) is 0 Å². The number of aryl methyl sites for hydroxylation is 1. The van der Waals surface area contributed by atoms with Gasteiger partial charge in [-0.1, -0.05) is 12.1 Å². The van der Waals surface area contributed by atoms with Crippen molar-refractivity contribution in [2.75, 3.05) is 20.2 Å². The maximum atomic E-state index is 12.5. The van der Waals surface area contributed by atoms with Gasteiger partial charge in [0, 0.05) is 19.5 Å². The number of hydrogen-bond donors (Lipinski definition) is 4. The lowest BCUT2D eigenvalue weighted by Gasteiger charge is -2.18. The second-order valence-corrected chi connectivity index (χ2v) is 5.76. The summed E-state index contributed by atoms with van der Waals surface area (Å²) in [5.41, 5.74) is 7.26. The molecule has 0 saturated carbocycles. The lowest BCUT2D eigenvalue weighted by molar-refractivity contribution is -0.124. The number of rotatable bonds is 6. The third-order valence-electron chi connectivity index (χ3n) is 4.06. The molecule has 8 heteroatoms. The Morgan fingerprint density at radius 2 is 2.33 bits per heavy atom. The molecule has 1 fully saturated rings. The molecule has 3 rings (SSSR count). The van der Waals surface area contributed by atoms with Crippen molar-refractivity contribution in [3.05, 3.63) is 41.5 Å². The zero-order valence-electron chi connectivity index (χ0n) is 13.8. The zero-order valence-corrected chi connectivity index (χ0v) is 13.8. The van der Waals surface area contributed by atoms with E-state index in [-0.39, 0.29) is 17.9 Å². The highest BCUT2D eigenvalue weighted by molar-refractivity contribution is 5.80. The molecule has 4 N–H and O–H groups in total. The minimum absolute atomic E-state index is 0.00702. The molecular formula is C16H22N6O2. The molecule has 0 bridgehead atoms. The van der Waals surface area contributed by atoms with Gasteiger partial charge in [0.15, 0.2) is 5.82 Å². The number of amides is 1. The van der Waals surface area contributed by atoms with Gasteiger partial charge in [-0.2, -0.15) is 5.10 Å². The highest BCUT2D eigenvalue weighted by Crippen LogP contribution is 2.27. The Morgan fingerprint density at radius 3 is 3.08 bits per heavy atom. The Bertz CT molecular complexity index is 701. The van der Waals surface area contributed by atoms with Crippen molar-refractivity contribution < 1.29 is 9.53 Å². The maximum Gasteiger partial charge on any atom is 0.226 e. The molecule has 0 spiro atoms. The van der Waals surface area contributed by atoms with E-state index in [0.717, 1.165) is 17.1 Å². The van der Waals surface area contributed by atoms with Crippen LogP contribution in [0.2, 0.25) is 0 Å². The molecule has 2 aromatic rings. The van der Waals surface area contributed by atoms with Crippen LogP contribution in [0.4, 0.5) is 0 Å². The highest BCUT2D eigenvalue weighted by Gasteiger charge is 2.33. The lowest BCUT2D eigenvalue weighted by Crippen LogP contribution is -2.36. The average Bonchev–Trinajstić information content (AvgIpc) is 3.24. The molecule has 0 aliphatic carbocycles. The molecule has 8 nitrogen and oxygen atoms in total. The van der Waals surface area contributed by atoms with Gasteiger partial charge in [0.05, 0.1) is 19.1 Å². The van der Waals surface area contributed by atoms with Gasteiger partial charge in [0.1, 0.15) is 11.6 Å². The molecule has 1 aromatic heterocycles. The van der Waals surface area contributed by atoms with Crippen LogP contribution in [-0.2, 0) is 11.2 Å². The molecule has 1 amide bonds. The van der Waals surface area contributed by atoms with Crippen molar-refractivity contribution in [2.24, 2.45) is 5.92 Å². The number of methoxy groups -OCH3 is 1. The van der Waals surface area contributed by atoms with E-state index in [2.05, 4.69) is 31.3 Å². The summed E-state index contributed by atoms with van der Waals surface area (Å²) >= 11 is 0. The van der Waals surface area contributed by atoms with Gasteiger partial charge < -0.3 is 10.1 Å². The number of hydrogen-bond acceptors (Lipinski definition) is 6. The van der Waals surface area contributed by atoms with Crippen LogP contribution in [0.15, 0.2) is 24.3 Å². The number of hydrazine groups is 1. The summed E-state index contributed by atoms with van der Waals surface area (Å²) in [6.07, 6.45) is 0.605. The van der Waals surface area contributed by atoms with Gasteiger partial charge in [-0.3, -0.25) is 15.3 Å². The largest absolute Gasteiger partial charge is 0.497 e. The highest BCUT2D eigenvalue weighted by atomic mass is 16.5. The molecule has 2 atom stereocenters. The number of aromatic amines is 1. The summed E-state index contributed by atoms with van der Waals surface area (Å²) in [5, 5.41) is 9.83. The maximum absolute atomic E-state index is 12.5. The van der Waals surface area contributed by atoms with Crippen LogP contribution in [0.1, 0.15) is 23.3 Å². The van der Waals surface area contributed by atoms with Gasteiger partial charge in [-0.15, -0.1) is 0 Å². The van der Waals surface area contributed by atoms with E-state index in [1.165, 1.54) is 0 Å². The molecule has 2 heterocycles. The topological polar surface area (TPSA) is 104 Å². The first-order valence-electron chi connectivity index (χ1n) is 7.95. The van der Waals surface area contributed by atoms with Crippen LogP contribution in [-0.4, -0.2) is 41.3 Å². The Kier molecular flexibility index (Phi) is 5.07. The third-order valence-corrected chi connectivity index (χ3v) is 4.06. The Morgan fingerprint density at radius 1 is 1.46 bits per heavy atom. The predicted octanol–water partition coefficient (Wildman–Crippen LogP) is 0.246. The van der Waals surface area contributed by atoms with Gasteiger partial charge in [-0.25, -0.2) is 10.4 Å². The quantitative estimate of drug-likeness (QED) is 0.605. The van der Waals surface area contributed by atoms with Crippen LogP contribution < -0.4 is 20.9 Å². The van der Waals surface area contributed by atoms with Gasteiger partial charge in [0.25, 0.3) is 0 Å². The van der Waals surface area contributed by atoms with Crippen LogP contribution >= 0.6 is 0 Å². The fraction of sp³-hybridized carbons (Fsp3) is 0.438. The van der Waals surface area contributed by atoms with E-state index >= 15 is 0 Å². The summed E-state index contributed by atoms with van der Waals surface area (Å²) < 4.78 is 5.26. The van der Waals surface area contributed by atoms with Crippen molar-refractivity contribution >= 4 is 5.91 Å². The average molecular weight is 330 g/mol.